The molecule has 0 heterocycles. The van der Waals surface area contributed by atoms with Gasteiger partial charge in [-0.15, -0.1) is 0 Å². The molecule has 0 radical (unpaired) electrons. The van der Waals surface area contributed by atoms with Crippen molar-refractivity contribution in [3.63, 3.8) is 0 Å². The highest BCUT2D eigenvalue weighted by Crippen LogP contribution is 2.17. The molecule has 28 heavy (non-hydrogen) atoms. The largest absolute Gasteiger partial charge is 0.481 e. The number of benzene rings is 3. The summed E-state index contributed by atoms with van der Waals surface area (Å²) < 4.78 is 0. The molecule has 0 aliphatic heterocycles. The molecule has 4 heteroatoms. The Morgan fingerprint density at radius 1 is 0.857 bits per heavy atom. The summed E-state index contributed by atoms with van der Waals surface area (Å²) in [5, 5.41) is 13.0. The summed E-state index contributed by atoms with van der Waals surface area (Å²) in [6.45, 7) is 0. The van der Waals surface area contributed by atoms with Gasteiger partial charge in [0.25, 0.3) is 0 Å². The van der Waals surface area contributed by atoms with E-state index in [0.29, 0.717) is 6.42 Å². The van der Waals surface area contributed by atoms with E-state index in [-0.39, 0.29) is 6.42 Å². The molecular formula is C24H23NO3. The van der Waals surface area contributed by atoms with Gasteiger partial charge in [-0.3, -0.25) is 4.79 Å². The van der Waals surface area contributed by atoms with Gasteiger partial charge in [0, 0.05) is 17.5 Å². The number of oxime groups is 1. The molecule has 0 saturated heterocycles. The van der Waals surface area contributed by atoms with Gasteiger partial charge in [0.15, 0.2) is 0 Å². The van der Waals surface area contributed by atoms with Gasteiger partial charge in [-0.05, 0) is 35.6 Å². The summed E-state index contributed by atoms with van der Waals surface area (Å²) in [4.78, 5) is 15.8. The Kier molecular flexibility index (Phi) is 6.58. The van der Waals surface area contributed by atoms with Crippen LogP contribution in [0.25, 0.3) is 0 Å². The van der Waals surface area contributed by atoms with Crippen molar-refractivity contribution in [1.29, 1.82) is 0 Å². The Morgan fingerprint density at radius 3 is 2.21 bits per heavy atom. The van der Waals surface area contributed by atoms with Gasteiger partial charge >= 0.3 is 5.97 Å². The first kappa shape index (κ1) is 19.4. The van der Waals surface area contributed by atoms with Crippen LogP contribution in [0, 0.1) is 0 Å². The lowest BCUT2D eigenvalue weighted by Gasteiger charge is -2.09. The molecule has 0 unspecified atom stereocenters. The van der Waals surface area contributed by atoms with Crippen LogP contribution >= 0.6 is 0 Å². The first-order chi connectivity index (χ1) is 13.7. The molecule has 0 aromatic heterocycles. The summed E-state index contributed by atoms with van der Waals surface area (Å²) in [5.41, 5.74) is 6.21. The number of carboxylic acid groups (broad SMARTS) is 1. The Labute approximate surface area is 165 Å². The second-order valence-electron chi connectivity index (χ2n) is 6.58. The molecule has 142 valence electrons. The molecule has 3 aromatic carbocycles. The lowest BCUT2D eigenvalue weighted by Crippen LogP contribution is -2.04. The monoisotopic (exact) mass is 373 g/mol. The van der Waals surface area contributed by atoms with E-state index in [1.54, 1.807) is 7.11 Å². The fourth-order valence-electron chi connectivity index (χ4n) is 3.10. The van der Waals surface area contributed by atoms with E-state index < -0.39 is 5.97 Å². The molecule has 1 N–H and O–H groups in total. The Bertz CT molecular complexity index is 947. The van der Waals surface area contributed by atoms with Gasteiger partial charge in [0.1, 0.15) is 12.8 Å². The van der Waals surface area contributed by atoms with Gasteiger partial charge in [0.2, 0.25) is 0 Å². The van der Waals surface area contributed by atoms with Crippen LogP contribution in [0.2, 0.25) is 0 Å². The van der Waals surface area contributed by atoms with Gasteiger partial charge in [0.05, 0.1) is 0 Å². The number of carbonyl (C=O) groups is 1. The SMILES string of the molecule is CO/N=C(/c1ccccc1)c1cccc(Cc2ccc(CCC(=O)O)cc2)c1. The quantitative estimate of drug-likeness (QED) is 0.460. The molecule has 0 spiro atoms. The zero-order valence-corrected chi connectivity index (χ0v) is 15.8. The van der Waals surface area contributed by atoms with Crippen LogP contribution in [0.5, 0.6) is 0 Å². The molecule has 0 aliphatic carbocycles. The second kappa shape index (κ2) is 9.51. The minimum atomic E-state index is -0.771. The van der Waals surface area contributed by atoms with E-state index in [1.165, 1.54) is 11.1 Å². The molecule has 0 bridgehead atoms. The van der Waals surface area contributed by atoms with Crippen molar-refractivity contribution in [2.24, 2.45) is 5.16 Å². The summed E-state index contributed by atoms with van der Waals surface area (Å²) in [5.74, 6) is -0.771. The average Bonchev–Trinajstić information content (AvgIpc) is 2.72. The van der Waals surface area contributed by atoms with E-state index in [4.69, 9.17) is 9.94 Å². The van der Waals surface area contributed by atoms with E-state index in [0.717, 1.165) is 28.8 Å². The summed E-state index contributed by atoms with van der Waals surface area (Å²) in [6, 6.07) is 26.4. The lowest BCUT2D eigenvalue weighted by molar-refractivity contribution is -0.136. The van der Waals surface area contributed by atoms with Gasteiger partial charge < -0.3 is 9.94 Å². The molecule has 4 nitrogen and oxygen atoms in total. The van der Waals surface area contributed by atoms with Crippen molar-refractivity contribution in [3.8, 4) is 0 Å². The molecule has 0 amide bonds. The van der Waals surface area contributed by atoms with Gasteiger partial charge in [-0.1, -0.05) is 78.0 Å². The topological polar surface area (TPSA) is 58.9 Å². The maximum atomic E-state index is 10.7. The Morgan fingerprint density at radius 2 is 1.54 bits per heavy atom. The van der Waals surface area contributed by atoms with Crippen molar-refractivity contribution in [1.82, 2.24) is 0 Å². The maximum absolute atomic E-state index is 10.7. The predicted molar refractivity (Wildman–Crippen MR) is 111 cm³/mol. The van der Waals surface area contributed by atoms with Gasteiger partial charge in [-0.2, -0.15) is 0 Å². The zero-order valence-electron chi connectivity index (χ0n) is 15.8. The number of hydrogen-bond acceptors (Lipinski definition) is 3. The first-order valence-corrected chi connectivity index (χ1v) is 9.21. The van der Waals surface area contributed by atoms with E-state index >= 15 is 0 Å². The maximum Gasteiger partial charge on any atom is 0.303 e. The fraction of sp³-hybridized carbons (Fsp3) is 0.167. The van der Waals surface area contributed by atoms with Crippen molar-refractivity contribution < 1.29 is 14.7 Å². The van der Waals surface area contributed by atoms with Crippen LogP contribution in [0.4, 0.5) is 0 Å². The van der Waals surface area contributed by atoms with Crippen molar-refractivity contribution in [2.75, 3.05) is 7.11 Å². The smallest absolute Gasteiger partial charge is 0.303 e. The first-order valence-electron chi connectivity index (χ1n) is 9.21. The van der Waals surface area contributed by atoms with Crippen LogP contribution in [0.3, 0.4) is 0 Å². The number of aryl methyl sites for hydroxylation is 1. The normalized spacial score (nSPS) is 11.2. The number of carboxylic acids is 1. The summed E-state index contributed by atoms with van der Waals surface area (Å²) in [6.07, 6.45) is 1.50. The zero-order chi connectivity index (χ0) is 19.8. The third kappa shape index (κ3) is 5.30. The van der Waals surface area contributed by atoms with Crippen LogP contribution in [-0.2, 0) is 22.5 Å². The van der Waals surface area contributed by atoms with Crippen molar-refractivity contribution in [3.05, 3.63) is 107 Å². The number of aliphatic carboxylic acids is 1. The molecule has 0 atom stereocenters. The highest BCUT2D eigenvalue weighted by atomic mass is 16.6. The van der Waals surface area contributed by atoms with Gasteiger partial charge in [-0.25, -0.2) is 0 Å². The third-order valence-corrected chi connectivity index (χ3v) is 4.49. The minimum Gasteiger partial charge on any atom is -0.481 e. The minimum absolute atomic E-state index is 0.155. The summed E-state index contributed by atoms with van der Waals surface area (Å²) in [7, 11) is 1.55. The van der Waals surface area contributed by atoms with E-state index in [2.05, 4.69) is 29.4 Å². The molecule has 3 rings (SSSR count). The van der Waals surface area contributed by atoms with Crippen LogP contribution < -0.4 is 0 Å². The Hall–Kier alpha value is -3.40. The van der Waals surface area contributed by atoms with Crippen LogP contribution in [0.15, 0.2) is 84.0 Å². The lowest BCUT2D eigenvalue weighted by atomic mass is 9.97. The standard InChI is InChI=1S/C24H23NO3/c1-28-25-24(21-7-3-2-4-8-21)22-9-5-6-20(17-22)16-19-12-10-18(11-13-19)14-15-23(26)27/h2-13,17H,14-16H2,1H3,(H,26,27)/b25-24-. The average molecular weight is 373 g/mol. The Balaban J connectivity index is 1.77. The van der Waals surface area contributed by atoms with Crippen LogP contribution in [0.1, 0.15) is 34.2 Å². The third-order valence-electron chi connectivity index (χ3n) is 4.49. The molecule has 3 aromatic rings. The highest BCUT2D eigenvalue weighted by molar-refractivity contribution is 6.12. The second-order valence-corrected chi connectivity index (χ2v) is 6.58. The predicted octanol–water partition coefficient (Wildman–Crippen LogP) is 4.69. The van der Waals surface area contributed by atoms with E-state index in [1.807, 2.05) is 54.6 Å². The molecular weight excluding hydrogens is 350 g/mol. The fourth-order valence-corrected chi connectivity index (χ4v) is 3.10. The number of hydrogen-bond donors (Lipinski definition) is 1. The van der Waals surface area contributed by atoms with E-state index in [9.17, 15) is 4.79 Å². The molecule has 0 aliphatic rings. The molecule has 0 fully saturated rings. The summed E-state index contributed by atoms with van der Waals surface area (Å²) >= 11 is 0. The van der Waals surface area contributed by atoms with Crippen molar-refractivity contribution >= 4 is 11.7 Å². The van der Waals surface area contributed by atoms with Crippen LogP contribution in [-0.4, -0.2) is 23.9 Å². The number of rotatable bonds is 8. The molecule has 0 saturated carbocycles. The number of nitrogens with zero attached hydrogens (tertiary/aromatic N) is 1. The highest BCUT2D eigenvalue weighted by Gasteiger charge is 2.09. The van der Waals surface area contributed by atoms with Crippen molar-refractivity contribution in [2.45, 2.75) is 19.3 Å².